The fourth-order valence-corrected chi connectivity index (χ4v) is 6.19. The molecule has 4 rings (SSSR count). The van der Waals surface area contributed by atoms with Gasteiger partial charge in [-0.25, -0.2) is 8.42 Å². The fraction of sp³-hybridized carbons (Fsp3) is 0.292. The summed E-state index contributed by atoms with van der Waals surface area (Å²) >= 11 is 1.62. The lowest BCUT2D eigenvalue weighted by molar-refractivity contribution is -0.123. The Morgan fingerprint density at radius 2 is 1.56 bits per heavy atom. The average molecular weight is 470 g/mol. The number of nitrogens with zero attached hydrogens (tertiary/aromatic N) is 2. The van der Waals surface area contributed by atoms with Gasteiger partial charge in [0.2, 0.25) is 15.9 Å². The highest BCUT2D eigenvalue weighted by atomic mass is 32.2. The Kier molecular flexibility index (Phi) is 7.36. The molecule has 1 aromatic heterocycles. The van der Waals surface area contributed by atoms with Gasteiger partial charge in [-0.05, 0) is 22.6 Å². The summed E-state index contributed by atoms with van der Waals surface area (Å²) in [6, 6.07) is 23.0. The normalized spacial score (nSPS) is 16.5. The molecule has 0 aliphatic carbocycles. The molecule has 1 aliphatic rings. The Morgan fingerprint density at radius 1 is 0.906 bits per heavy atom. The van der Waals surface area contributed by atoms with Crippen LogP contribution in [0.3, 0.4) is 0 Å². The van der Waals surface area contributed by atoms with E-state index >= 15 is 0 Å². The summed E-state index contributed by atoms with van der Waals surface area (Å²) in [5.74, 6) is -0.0543. The van der Waals surface area contributed by atoms with Gasteiger partial charge in [0.15, 0.2) is 0 Å². The van der Waals surface area contributed by atoms with Gasteiger partial charge in [0.25, 0.3) is 0 Å². The third-order valence-electron chi connectivity index (χ3n) is 5.55. The van der Waals surface area contributed by atoms with E-state index in [0.29, 0.717) is 26.2 Å². The van der Waals surface area contributed by atoms with E-state index in [1.54, 1.807) is 11.3 Å². The van der Waals surface area contributed by atoms with E-state index in [1.807, 2.05) is 83.1 Å². The monoisotopic (exact) mass is 469 g/mol. The van der Waals surface area contributed by atoms with E-state index in [4.69, 9.17) is 0 Å². The topological polar surface area (TPSA) is 69.7 Å². The molecule has 1 N–H and O–H groups in total. The quantitative estimate of drug-likeness (QED) is 0.550. The SMILES string of the molecule is O=C(CN1CCN(S(=O)(=O)Cc2ccccc2)CC1)NC(c1ccccc1)c1cccs1. The van der Waals surface area contributed by atoms with Crippen molar-refractivity contribution in [3.05, 3.63) is 94.2 Å². The van der Waals surface area contributed by atoms with Crippen molar-refractivity contribution in [2.45, 2.75) is 11.8 Å². The Morgan fingerprint density at radius 3 is 2.19 bits per heavy atom. The molecule has 1 amide bonds. The van der Waals surface area contributed by atoms with Crippen LogP contribution in [0.25, 0.3) is 0 Å². The summed E-state index contributed by atoms with van der Waals surface area (Å²) < 4.78 is 27.0. The van der Waals surface area contributed by atoms with E-state index in [1.165, 1.54) is 4.31 Å². The van der Waals surface area contributed by atoms with Crippen LogP contribution >= 0.6 is 11.3 Å². The van der Waals surface area contributed by atoms with Crippen molar-refractivity contribution in [2.24, 2.45) is 0 Å². The standard InChI is InChI=1S/C24H27N3O3S2/c28-23(25-24(22-12-7-17-31-22)21-10-5-2-6-11-21)18-26-13-15-27(16-14-26)32(29,30)19-20-8-3-1-4-9-20/h1-12,17,24H,13-16,18-19H2,(H,25,28). The number of piperazine rings is 1. The van der Waals surface area contributed by atoms with Crippen LogP contribution in [-0.2, 0) is 20.6 Å². The second-order valence-corrected chi connectivity index (χ2v) is 10.8. The molecule has 1 saturated heterocycles. The Labute approximate surface area is 193 Å². The van der Waals surface area contributed by atoms with Gasteiger partial charge in [0.1, 0.15) is 0 Å². The lowest BCUT2D eigenvalue weighted by Gasteiger charge is -2.33. The van der Waals surface area contributed by atoms with E-state index in [9.17, 15) is 13.2 Å². The first-order valence-corrected chi connectivity index (χ1v) is 13.1. The van der Waals surface area contributed by atoms with Gasteiger partial charge in [-0.15, -0.1) is 11.3 Å². The molecule has 2 aromatic carbocycles. The van der Waals surface area contributed by atoms with Crippen LogP contribution in [-0.4, -0.2) is 56.3 Å². The number of sulfonamides is 1. The zero-order valence-corrected chi connectivity index (χ0v) is 19.4. The number of thiophene rings is 1. The van der Waals surface area contributed by atoms with Crippen LogP contribution in [0.15, 0.2) is 78.2 Å². The third-order valence-corrected chi connectivity index (χ3v) is 8.34. The Hall–Kier alpha value is -2.52. The molecule has 1 aliphatic heterocycles. The maximum absolute atomic E-state index is 12.8. The number of carbonyl (C=O) groups is 1. The average Bonchev–Trinajstić information content (AvgIpc) is 3.33. The smallest absolute Gasteiger partial charge is 0.234 e. The minimum atomic E-state index is -3.37. The molecule has 168 valence electrons. The molecule has 0 radical (unpaired) electrons. The number of rotatable bonds is 8. The molecule has 3 aromatic rings. The predicted octanol–water partition coefficient (Wildman–Crippen LogP) is 3.10. The number of hydrogen-bond donors (Lipinski definition) is 1. The van der Waals surface area contributed by atoms with Crippen LogP contribution in [0.4, 0.5) is 0 Å². The Bertz CT molecular complexity index is 1100. The molecule has 0 bridgehead atoms. The van der Waals surface area contributed by atoms with Crippen LogP contribution in [0.2, 0.25) is 0 Å². The summed E-state index contributed by atoms with van der Waals surface area (Å²) in [5, 5.41) is 5.16. The molecule has 6 nitrogen and oxygen atoms in total. The highest BCUT2D eigenvalue weighted by molar-refractivity contribution is 7.88. The zero-order valence-electron chi connectivity index (χ0n) is 17.8. The van der Waals surface area contributed by atoms with Crippen molar-refractivity contribution >= 4 is 27.3 Å². The molecule has 0 spiro atoms. The van der Waals surface area contributed by atoms with Crippen molar-refractivity contribution in [3.8, 4) is 0 Å². The van der Waals surface area contributed by atoms with Crippen molar-refractivity contribution in [2.75, 3.05) is 32.7 Å². The highest BCUT2D eigenvalue weighted by Gasteiger charge is 2.28. The van der Waals surface area contributed by atoms with E-state index in [-0.39, 0.29) is 24.2 Å². The van der Waals surface area contributed by atoms with E-state index < -0.39 is 10.0 Å². The van der Waals surface area contributed by atoms with Crippen molar-refractivity contribution < 1.29 is 13.2 Å². The molecule has 1 unspecified atom stereocenters. The minimum Gasteiger partial charge on any atom is -0.343 e. The number of hydrogen-bond acceptors (Lipinski definition) is 5. The zero-order chi connectivity index (χ0) is 22.4. The summed E-state index contributed by atoms with van der Waals surface area (Å²) in [5.41, 5.74) is 1.83. The lowest BCUT2D eigenvalue weighted by Crippen LogP contribution is -2.51. The highest BCUT2D eigenvalue weighted by Crippen LogP contribution is 2.26. The summed E-state index contributed by atoms with van der Waals surface area (Å²) in [7, 11) is -3.37. The van der Waals surface area contributed by atoms with Gasteiger partial charge in [0.05, 0.1) is 18.3 Å². The molecule has 2 heterocycles. The van der Waals surface area contributed by atoms with Crippen LogP contribution < -0.4 is 5.32 Å². The first-order valence-electron chi connectivity index (χ1n) is 10.6. The molecule has 1 fully saturated rings. The molecule has 8 heteroatoms. The van der Waals surface area contributed by atoms with Gasteiger partial charge < -0.3 is 5.32 Å². The van der Waals surface area contributed by atoms with E-state index in [0.717, 1.165) is 16.0 Å². The lowest BCUT2D eigenvalue weighted by atomic mass is 10.1. The third kappa shape index (κ3) is 5.83. The first-order chi connectivity index (χ1) is 15.5. The second kappa shape index (κ2) is 10.4. The molecule has 1 atom stereocenters. The predicted molar refractivity (Wildman–Crippen MR) is 128 cm³/mol. The van der Waals surface area contributed by atoms with Crippen molar-refractivity contribution in [1.29, 1.82) is 0 Å². The first kappa shape index (κ1) is 22.7. The van der Waals surface area contributed by atoms with Crippen LogP contribution in [0, 0.1) is 0 Å². The van der Waals surface area contributed by atoms with Gasteiger partial charge in [-0.1, -0.05) is 66.7 Å². The summed E-state index contributed by atoms with van der Waals surface area (Å²) in [6.07, 6.45) is 0. The number of amides is 1. The van der Waals surface area contributed by atoms with Crippen LogP contribution in [0.1, 0.15) is 22.0 Å². The van der Waals surface area contributed by atoms with Gasteiger partial charge in [0, 0.05) is 31.1 Å². The van der Waals surface area contributed by atoms with Gasteiger partial charge in [-0.2, -0.15) is 4.31 Å². The van der Waals surface area contributed by atoms with E-state index in [2.05, 4.69) is 5.32 Å². The fourth-order valence-electron chi connectivity index (χ4n) is 3.87. The van der Waals surface area contributed by atoms with Gasteiger partial charge >= 0.3 is 0 Å². The number of carbonyl (C=O) groups excluding carboxylic acids is 1. The van der Waals surface area contributed by atoms with Crippen molar-refractivity contribution in [1.82, 2.24) is 14.5 Å². The second-order valence-electron chi connectivity index (χ2n) is 7.84. The van der Waals surface area contributed by atoms with Gasteiger partial charge in [-0.3, -0.25) is 9.69 Å². The molecule has 32 heavy (non-hydrogen) atoms. The van der Waals surface area contributed by atoms with Crippen molar-refractivity contribution in [3.63, 3.8) is 0 Å². The maximum atomic E-state index is 12.8. The number of benzene rings is 2. The maximum Gasteiger partial charge on any atom is 0.234 e. The van der Waals surface area contributed by atoms with Crippen LogP contribution in [0.5, 0.6) is 0 Å². The number of nitrogens with one attached hydrogen (secondary N) is 1. The molecule has 0 saturated carbocycles. The molecular formula is C24H27N3O3S2. The minimum absolute atomic E-state index is 0.00783. The summed E-state index contributed by atoms with van der Waals surface area (Å²) in [4.78, 5) is 15.9. The molecular weight excluding hydrogens is 442 g/mol. The Balaban J connectivity index is 1.32. The summed E-state index contributed by atoms with van der Waals surface area (Å²) in [6.45, 7) is 2.12. The largest absolute Gasteiger partial charge is 0.343 e.